The van der Waals surface area contributed by atoms with Gasteiger partial charge < -0.3 is 26.4 Å². The summed E-state index contributed by atoms with van der Waals surface area (Å²) in [7, 11) is 0. The number of nitrogens with one attached hydrogen (secondary N) is 1. The summed E-state index contributed by atoms with van der Waals surface area (Å²) in [6, 6.07) is -2.45. The zero-order valence-electron chi connectivity index (χ0n) is 24.5. The number of carboxylic acid groups (broad SMARTS) is 3. The third-order valence-electron chi connectivity index (χ3n) is 6.18. The van der Waals surface area contributed by atoms with E-state index >= 15 is 0 Å². The first-order valence-corrected chi connectivity index (χ1v) is 15.0. The molecule has 0 rings (SSSR count). The molecular weight excluding hydrogens is 562 g/mol. The Hall–Kier alpha value is -3.38. The van der Waals surface area contributed by atoms with E-state index in [0.29, 0.717) is 0 Å². The molecule has 0 radical (unpaired) electrons. The molecule has 2 atom stereocenters. The third-order valence-corrected chi connectivity index (χ3v) is 6.55. The van der Waals surface area contributed by atoms with Gasteiger partial charge in [0.25, 0.3) is 5.91 Å². The van der Waals surface area contributed by atoms with Crippen molar-refractivity contribution in [3.8, 4) is 0 Å². The molecule has 0 heterocycles. The van der Waals surface area contributed by atoms with E-state index in [2.05, 4.69) is 24.9 Å². The van der Waals surface area contributed by atoms with Gasteiger partial charge in [0, 0.05) is 23.9 Å². The van der Waals surface area contributed by atoms with Crippen molar-refractivity contribution < 1.29 is 39.3 Å². The van der Waals surface area contributed by atoms with Gasteiger partial charge in [0.15, 0.2) is 0 Å². The Labute approximate surface area is 254 Å². The van der Waals surface area contributed by atoms with E-state index in [1.165, 1.54) is 63.2 Å². The van der Waals surface area contributed by atoms with Gasteiger partial charge in [-0.15, -0.1) is 0 Å². The van der Waals surface area contributed by atoms with Gasteiger partial charge in [0.1, 0.15) is 18.6 Å². The maximum Gasteiger partial charge on any atom is 0.328 e. The lowest BCUT2D eigenvalue weighted by molar-refractivity contribution is -0.143. The second-order valence-electron chi connectivity index (χ2n) is 9.80. The summed E-state index contributed by atoms with van der Waals surface area (Å²) in [5.41, 5.74) is 5.59. The number of hydrogen-bond donors (Lipinski definition) is 6. The van der Waals surface area contributed by atoms with Crippen LogP contribution in [0.25, 0.3) is 0 Å². The zero-order chi connectivity index (χ0) is 31.8. The Morgan fingerprint density at radius 3 is 2.02 bits per heavy atom. The van der Waals surface area contributed by atoms with E-state index in [1.54, 1.807) is 12.2 Å². The average Bonchev–Trinajstić information content (AvgIpc) is 2.94. The van der Waals surface area contributed by atoms with Gasteiger partial charge >= 0.3 is 17.9 Å². The van der Waals surface area contributed by atoms with Crippen LogP contribution in [0.15, 0.2) is 48.2 Å². The minimum Gasteiger partial charge on any atom is -0.480 e. The second-order valence-corrected chi connectivity index (χ2v) is 10.2. The molecule has 2 amide bonds. The smallest absolute Gasteiger partial charge is 0.328 e. The van der Waals surface area contributed by atoms with Gasteiger partial charge in [0.05, 0.1) is 0 Å². The Bertz CT molecular complexity index is 978. The number of aliphatic carboxylic acids is 3. The largest absolute Gasteiger partial charge is 0.480 e. The van der Waals surface area contributed by atoms with Crippen molar-refractivity contribution in [2.45, 2.75) is 96.1 Å². The molecule has 0 fully saturated rings. The van der Waals surface area contributed by atoms with E-state index in [1.807, 2.05) is 6.08 Å². The number of carboxylic acids is 3. The highest BCUT2D eigenvalue weighted by molar-refractivity contribution is 7.80. The molecule has 42 heavy (non-hydrogen) atoms. The van der Waals surface area contributed by atoms with Gasteiger partial charge in [-0.1, -0.05) is 82.6 Å². The summed E-state index contributed by atoms with van der Waals surface area (Å²) in [4.78, 5) is 60.0. The van der Waals surface area contributed by atoms with Gasteiger partial charge in [-0.3, -0.25) is 24.1 Å². The molecule has 0 aromatic carbocycles. The van der Waals surface area contributed by atoms with Crippen LogP contribution in [-0.4, -0.2) is 74.3 Å². The van der Waals surface area contributed by atoms with Crippen molar-refractivity contribution in [1.29, 1.82) is 0 Å². The quantitative estimate of drug-likeness (QED) is 0.0406. The second kappa shape index (κ2) is 24.2. The lowest BCUT2D eigenvalue weighted by Crippen LogP contribution is -2.50. The van der Waals surface area contributed by atoms with Crippen LogP contribution < -0.4 is 11.1 Å². The van der Waals surface area contributed by atoms with Gasteiger partial charge in [-0.05, 0) is 31.4 Å². The molecule has 11 nitrogen and oxygen atoms in total. The van der Waals surface area contributed by atoms with Crippen LogP contribution in [0, 0.1) is 0 Å². The van der Waals surface area contributed by atoms with Crippen LogP contribution in [-0.2, 0) is 24.0 Å². The van der Waals surface area contributed by atoms with Crippen LogP contribution in [0.1, 0.15) is 84.0 Å². The van der Waals surface area contributed by atoms with E-state index in [9.17, 15) is 29.1 Å². The fourth-order valence-corrected chi connectivity index (χ4v) is 4.09. The molecule has 0 aliphatic rings. The molecule has 0 spiro atoms. The normalized spacial score (nSPS) is 13.5. The average molecular weight is 610 g/mol. The molecule has 0 aliphatic carbocycles. The number of allylic oxidation sites excluding steroid dienone is 6. The van der Waals surface area contributed by atoms with Gasteiger partial charge in [-0.2, -0.15) is 12.6 Å². The van der Waals surface area contributed by atoms with Crippen LogP contribution >= 0.6 is 12.6 Å². The highest BCUT2D eigenvalue weighted by atomic mass is 32.1. The topological polar surface area (TPSA) is 187 Å². The minimum atomic E-state index is -1.31. The van der Waals surface area contributed by atoms with Crippen LogP contribution in [0.3, 0.4) is 0 Å². The van der Waals surface area contributed by atoms with Crippen LogP contribution in [0.2, 0.25) is 0 Å². The highest BCUT2D eigenvalue weighted by Crippen LogP contribution is 2.13. The molecule has 0 aromatic rings. The van der Waals surface area contributed by atoms with Crippen molar-refractivity contribution in [2.75, 3.05) is 12.3 Å². The van der Waals surface area contributed by atoms with Crippen LogP contribution in [0.4, 0.5) is 0 Å². The molecule has 0 saturated carbocycles. The highest BCUT2D eigenvalue weighted by Gasteiger charge is 2.28. The maximum absolute atomic E-state index is 13.4. The summed E-state index contributed by atoms with van der Waals surface area (Å²) in [5, 5.41) is 29.7. The van der Waals surface area contributed by atoms with Crippen molar-refractivity contribution in [2.24, 2.45) is 5.73 Å². The first kappa shape index (κ1) is 38.6. The molecule has 2 unspecified atom stereocenters. The predicted molar refractivity (Wildman–Crippen MR) is 165 cm³/mol. The minimum absolute atomic E-state index is 0.152. The molecule has 12 heteroatoms. The lowest BCUT2D eigenvalue weighted by Gasteiger charge is -2.27. The summed E-state index contributed by atoms with van der Waals surface area (Å²) in [6.07, 6.45) is 21.2. The van der Waals surface area contributed by atoms with E-state index in [4.69, 9.17) is 15.9 Å². The summed E-state index contributed by atoms with van der Waals surface area (Å²) in [6.45, 7) is 1.47. The molecule has 0 bridgehead atoms. The summed E-state index contributed by atoms with van der Waals surface area (Å²) in [5.74, 6) is -5.30. The van der Waals surface area contributed by atoms with Crippen molar-refractivity contribution in [3.05, 3.63) is 48.2 Å². The zero-order valence-corrected chi connectivity index (χ0v) is 25.3. The fraction of sp³-hybridized carbons (Fsp3) is 0.567. The Balaban J connectivity index is 5.53. The van der Waals surface area contributed by atoms with Gasteiger partial charge in [0.2, 0.25) is 5.91 Å². The van der Waals surface area contributed by atoms with Gasteiger partial charge in [-0.25, -0.2) is 4.79 Å². The third kappa shape index (κ3) is 19.7. The number of unbranched alkanes of at least 4 members (excludes halogenated alkanes) is 9. The molecule has 236 valence electrons. The Morgan fingerprint density at radius 1 is 0.881 bits per heavy atom. The van der Waals surface area contributed by atoms with E-state index in [0.717, 1.165) is 30.2 Å². The van der Waals surface area contributed by atoms with Crippen LogP contribution in [0.5, 0.6) is 0 Å². The Kier molecular flexibility index (Phi) is 22.3. The number of nitrogens with two attached hydrogens (primary N) is 1. The Morgan fingerprint density at radius 2 is 1.48 bits per heavy atom. The van der Waals surface area contributed by atoms with E-state index in [-0.39, 0.29) is 24.3 Å². The molecule has 0 aliphatic heterocycles. The van der Waals surface area contributed by atoms with Crippen molar-refractivity contribution in [1.82, 2.24) is 10.2 Å². The standard InChI is InChI=1S/C30H47N3O8S/c1-2-3-4-5-6-7-8-9-10-11-12-13-16-23(17-14-15-18-27(35)36)33(21-28(37)38)29(39)25(22-42)32-26(34)20-19-24(31)30(40)41/h12-18,24-25,42H,2-11,19-22,31H2,1H3,(H,32,34)(H,35,36)(H,37,38)(H,40,41)/b13-12-,17-14?,18-15?,23-16?. The molecular formula is C30H47N3O8S. The molecule has 6 N–H and O–H groups in total. The number of rotatable bonds is 24. The number of carbonyl (C=O) groups is 5. The predicted octanol–water partition coefficient (Wildman–Crippen LogP) is 4.06. The van der Waals surface area contributed by atoms with E-state index < -0.39 is 48.4 Å². The lowest BCUT2D eigenvalue weighted by atomic mass is 10.1. The molecule has 0 saturated heterocycles. The summed E-state index contributed by atoms with van der Waals surface area (Å²) >= 11 is 4.13. The first-order chi connectivity index (χ1) is 20.0. The van der Waals surface area contributed by atoms with Crippen molar-refractivity contribution >= 4 is 42.4 Å². The number of nitrogens with zero attached hydrogens (tertiary/aromatic N) is 1. The number of amides is 2. The van der Waals surface area contributed by atoms with Crippen molar-refractivity contribution in [3.63, 3.8) is 0 Å². The number of thiol groups is 1. The number of carbonyl (C=O) groups excluding carboxylic acids is 2. The summed E-state index contributed by atoms with van der Waals surface area (Å²) < 4.78 is 0. The molecule has 0 aromatic heterocycles. The first-order valence-electron chi connectivity index (χ1n) is 14.4. The maximum atomic E-state index is 13.4. The number of hydrogen-bond acceptors (Lipinski definition) is 7. The monoisotopic (exact) mass is 609 g/mol. The fourth-order valence-electron chi connectivity index (χ4n) is 3.85. The SMILES string of the molecule is CCCCCCCCCCC/C=C\C=C(C=CC=CC(=O)O)N(CC(=O)O)C(=O)C(CS)NC(=O)CCC(N)C(=O)O.